The summed E-state index contributed by atoms with van der Waals surface area (Å²) in [7, 11) is 0. The summed E-state index contributed by atoms with van der Waals surface area (Å²) in [5, 5.41) is 8.98. The van der Waals surface area contributed by atoms with Gasteiger partial charge in [0.05, 0.1) is 12.1 Å². The lowest BCUT2D eigenvalue weighted by Gasteiger charge is -2.00. The van der Waals surface area contributed by atoms with Crippen molar-refractivity contribution in [3.05, 3.63) is 16.7 Å². The van der Waals surface area contributed by atoms with Crippen LogP contribution in [-0.2, 0) is 17.6 Å². The highest BCUT2D eigenvalue weighted by Crippen LogP contribution is 2.17. The van der Waals surface area contributed by atoms with Crippen LogP contribution in [0.25, 0.3) is 0 Å². The number of nitrogens with one attached hydrogen (secondary N) is 1. The van der Waals surface area contributed by atoms with E-state index in [2.05, 4.69) is 23.8 Å². The lowest BCUT2D eigenvalue weighted by atomic mass is 10.1. The van der Waals surface area contributed by atoms with Crippen molar-refractivity contribution in [1.29, 1.82) is 0 Å². The quantitative estimate of drug-likeness (QED) is 0.816. The van der Waals surface area contributed by atoms with E-state index in [0.717, 1.165) is 12.1 Å². The van der Waals surface area contributed by atoms with Crippen molar-refractivity contribution in [2.24, 2.45) is 5.92 Å². The predicted molar refractivity (Wildman–Crippen MR) is 58.1 cm³/mol. The SMILES string of the molecule is CC(C)Cc1[nH]c(CCC(=O)O)nc1Cl. The van der Waals surface area contributed by atoms with E-state index in [-0.39, 0.29) is 6.42 Å². The molecule has 0 atom stereocenters. The minimum Gasteiger partial charge on any atom is -0.481 e. The molecule has 1 aromatic heterocycles. The Kier molecular flexibility index (Phi) is 4.15. The molecule has 0 saturated carbocycles. The molecular weight excluding hydrogens is 216 g/mol. The zero-order valence-electron chi connectivity index (χ0n) is 8.88. The summed E-state index contributed by atoms with van der Waals surface area (Å²) >= 11 is 5.91. The molecule has 0 radical (unpaired) electrons. The molecule has 0 spiro atoms. The van der Waals surface area contributed by atoms with E-state index in [1.165, 1.54) is 0 Å². The first-order chi connectivity index (χ1) is 6.99. The Hall–Kier alpha value is -1.03. The molecule has 0 saturated heterocycles. The summed E-state index contributed by atoms with van der Waals surface area (Å²) in [6.45, 7) is 4.18. The van der Waals surface area contributed by atoms with Gasteiger partial charge in [0, 0.05) is 6.42 Å². The van der Waals surface area contributed by atoms with E-state index in [9.17, 15) is 4.79 Å². The van der Waals surface area contributed by atoms with E-state index in [4.69, 9.17) is 16.7 Å². The predicted octanol–water partition coefficient (Wildman–Crippen LogP) is 2.28. The molecule has 0 amide bonds. The summed E-state index contributed by atoms with van der Waals surface area (Å²) in [4.78, 5) is 17.5. The number of aliphatic carboxylic acids is 1. The first-order valence-electron chi connectivity index (χ1n) is 4.94. The number of carbonyl (C=O) groups is 1. The second kappa shape index (κ2) is 5.16. The van der Waals surface area contributed by atoms with Crippen LogP contribution in [0.5, 0.6) is 0 Å². The second-order valence-corrected chi connectivity index (χ2v) is 4.30. The maximum Gasteiger partial charge on any atom is 0.303 e. The summed E-state index contributed by atoms with van der Waals surface area (Å²) in [6.07, 6.45) is 1.30. The zero-order valence-corrected chi connectivity index (χ0v) is 9.64. The van der Waals surface area contributed by atoms with E-state index < -0.39 is 5.97 Å². The van der Waals surface area contributed by atoms with Crippen LogP contribution in [0.4, 0.5) is 0 Å². The summed E-state index contributed by atoms with van der Waals surface area (Å²) in [5.41, 5.74) is 0.895. The fourth-order valence-corrected chi connectivity index (χ4v) is 1.55. The Morgan fingerprint density at radius 3 is 2.80 bits per heavy atom. The average molecular weight is 231 g/mol. The molecule has 1 heterocycles. The molecule has 1 aromatic rings. The fraction of sp³-hybridized carbons (Fsp3) is 0.600. The number of hydrogen-bond acceptors (Lipinski definition) is 2. The van der Waals surface area contributed by atoms with Gasteiger partial charge in [0.2, 0.25) is 0 Å². The first kappa shape index (κ1) is 12.0. The normalized spacial score (nSPS) is 10.9. The van der Waals surface area contributed by atoms with Gasteiger partial charge in [0.1, 0.15) is 11.0 Å². The van der Waals surface area contributed by atoms with Gasteiger partial charge in [-0.3, -0.25) is 4.79 Å². The fourth-order valence-electron chi connectivity index (χ4n) is 1.33. The van der Waals surface area contributed by atoms with Gasteiger partial charge in [0.15, 0.2) is 0 Å². The number of nitrogens with zero attached hydrogens (tertiary/aromatic N) is 1. The van der Waals surface area contributed by atoms with Gasteiger partial charge in [-0.1, -0.05) is 25.4 Å². The first-order valence-corrected chi connectivity index (χ1v) is 5.32. The van der Waals surface area contributed by atoms with Gasteiger partial charge in [-0.15, -0.1) is 0 Å². The van der Waals surface area contributed by atoms with Gasteiger partial charge >= 0.3 is 5.97 Å². The maximum atomic E-state index is 10.4. The highest BCUT2D eigenvalue weighted by molar-refractivity contribution is 6.30. The van der Waals surface area contributed by atoms with Crippen LogP contribution in [0.15, 0.2) is 0 Å². The zero-order chi connectivity index (χ0) is 11.4. The van der Waals surface area contributed by atoms with Crippen molar-refractivity contribution in [3.63, 3.8) is 0 Å². The van der Waals surface area contributed by atoms with Crippen LogP contribution in [0.1, 0.15) is 31.8 Å². The van der Waals surface area contributed by atoms with Crippen LogP contribution < -0.4 is 0 Å². The van der Waals surface area contributed by atoms with E-state index >= 15 is 0 Å². The smallest absolute Gasteiger partial charge is 0.303 e. The van der Waals surface area contributed by atoms with Crippen LogP contribution in [0.3, 0.4) is 0 Å². The molecule has 5 heteroatoms. The lowest BCUT2D eigenvalue weighted by Crippen LogP contribution is -1.99. The summed E-state index contributed by atoms with van der Waals surface area (Å²) < 4.78 is 0. The number of carboxylic acid groups (broad SMARTS) is 1. The highest BCUT2D eigenvalue weighted by atomic mass is 35.5. The molecule has 0 bridgehead atoms. The van der Waals surface area contributed by atoms with E-state index in [1.54, 1.807) is 0 Å². The number of halogens is 1. The largest absolute Gasteiger partial charge is 0.481 e. The number of rotatable bonds is 5. The number of imidazole rings is 1. The summed E-state index contributed by atoms with van der Waals surface area (Å²) in [6, 6.07) is 0. The van der Waals surface area contributed by atoms with Crippen molar-refractivity contribution in [2.45, 2.75) is 33.1 Å². The molecule has 0 unspecified atom stereocenters. The molecule has 0 aliphatic rings. The van der Waals surface area contributed by atoms with Gasteiger partial charge in [0.25, 0.3) is 0 Å². The molecule has 1 rings (SSSR count). The van der Waals surface area contributed by atoms with E-state index in [0.29, 0.717) is 23.3 Å². The molecular formula is C10H15ClN2O2. The molecule has 84 valence electrons. The standard InChI is InChI=1S/C10H15ClN2O2/c1-6(2)5-7-10(11)13-8(12-7)3-4-9(14)15/h6H,3-5H2,1-2H3,(H,12,13)(H,14,15). The molecule has 15 heavy (non-hydrogen) atoms. The minimum absolute atomic E-state index is 0.0744. The van der Waals surface area contributed by atoms with Gasteiger partial charge in [-0.2, -0.15) is 0 Å². The highest BCUT2D eigenvalue weighted by Gasteiger charge is 2.10. The van der Waals surface area contributed by atoms with E-state index in [1.807, 2.05) is 0 Å². The van der Waals surface area contributed by atoms with Crippen molar-refractivity contribution in [1.82, 2.24) is 9.97 Å². The van der Waals surface area contributed by atoms with Crippen molar-refractivity contribution in [3.8, 4) is 0 Å². The number of aryl methyl sites for hydroxylation is 1. The van der Waals surface area contributed by atoms with Crippen molar-refractivity contribution < 1.29 is 9.90 Å². The molecule has 0 fully saturated rings. The third-order valence-corrected chi connectivity index (χ3v) is 2.28. The lowest BCUT2D eigenvalue weighted by molar-refractivity contribution is -0.137. The van der Waals surface area contributed by atoms with Crippen molar-refractivity contribution in [2.75, 3.05) is 0 Å². The second-order valence-electron chi connectivity index (χ2n) is 3.94. The average Bonchev–Trinajstić information content (AvgIpc) is 2.43. The molecule has 0 aliphatic heterocycles. The molecule has 2 N–H and O–H groups in total. The third kappa shape index (κ3) is 3.91. The maximum absolute atomic E-state index is 10.4. The number of H-pyrrole nitrogens is 1. The molecule has 0 aliphatic carbocycles. The molecule has 0 aromatic carbocycles. The summed E-state index contributed by atoms with van der Waals surface area (Å²) in [5.74, 6) is 0.321. The molecule has 4 nitrogen and oxygen atoms in total. The topological polar surface area (TPSA) is 66.0 Å². The van der Waals surface area contributed by atoms with Crippen LogP contribution in [0.2, 0.25) is 5.15 Å². The van der Waals surface area contributed by atoms with Gasteiger partial charge < -0.3 is 10.1 Å². The monoisotopic (exact) mass is 230 g/mol. The number of aromatic nitrogens is 2. The van der Waals surface area contributed by atoms with Crippen LogP contribution in [-0.4, -0.2) is 21.0 Å². The third-order valence-electron chi connectivity index (χ3n) is 1.97. The Bertz CT molecular complexity index is 347. The van der Waals surface area contributed by atoms with Gasteiger partial charge in [-0.05, 0) is 12.3 Å². The van der Waals surface area contributed by atoms with Crippen molar-refractivity contribution >= 4 is 17.6 Å². The number of hydrogen-bond donors (Lipinski definition) is 2. The Labute approximate surface area is 93.7 Å². The van der Waals surface area contributed by atoms with Gasteiger partial charge in [-0.25, -0.2) is 4.98 Å². The Morgan fingerprint density at radius 2 is 2.27 bits per heavy atom. The number of aromatic amines is 1. The van der Waals surface area contributed by atoms with Crippen LogP contribution >= 0.6 is 11.6 Å². The minimum atomic E-state index is -0.826. The van der Waals surface area contributed by atoms with Crippen LogP contribution in [0, 0.1) is 5.92 Å². The Morgan fingerprint density at radius 1 is 1.60 bits per heavy atom. The Balaban J connectivity index is 2.64. The number of carboxylic acids is 1.